The van der Waals surface area contributed by atoms with Crippen LogP contribution in [0.15, 0.2) is 36.4 Å². The van der Waals surface area contributed by atoms with Gasteiger partial charge in [0, 0.05) is 29.8 Å². The lowest BCUT2D eigenvalue weighted by Crippen LogP contribution is -2.42. The molecule has 0 aromatic heterocycles. The van der Waals surface area contributed by atoms with E-state index in [1.165, 1.54) is 29.2 Å². The summed E-state index contributed by atoms with van der Waals surface area (Å²) in [6, 6.07) is 8.17. The van der Waals surface area contributed by atoms with Gasteiger partial charge in [0.05, 0.1) is 17.4 Å². The number of ketones is 2. The molecule has 0 saturated carbocycles. The van der Waals surface area contributed by atoms with E-state index in [1.54, 1.807) is 13.0 Å². The van der Waals surface area contributed by atoms with Crippen molar-refractivity contribution >= 4 is 35.1 Å². The van der Waals surface area contributed by atoms with Crippen molar-refractivity contribution in [2.24, 2.45) is 5.92 Å². The minimum atomic E-state index is -1.17. The standard InChI is InChI=1S/C25H22N2O9/c1-2-35-24(31)14-9-11-26(12-10-14)19(28)13-36-25(32)18-8-7-17-20(21(18)27(33)34)23(30)16-6-4-3-5-15(16)22(17)29/h3-8,14H,2,9-13H2,1H3. The van der Waals surface area contributed by atoms with Crippen molar-refractivity contribution in [3.8, 4) is 0 Å². The second-order valence-corrected chi connectivity index (χ2v) is 8.33. The van der Waals surface area contributed by atoms with Crippen LogP contribution in [0.1, 0.15) is 62.0 Å². The zero-order valence-corrected chi connectivity index (χ0v) is 19.4. The zero-order chi connectivity index (χ0) is 26.0. The highest BCUT2D eigenvalue weighted by Gasteiger charge is 2.39. The second-order valence-electron chi connectivity index (χ2n) is 8.33. The molecule has 4 rings (SSSR count). The summed E-state index contributed by atoms with van der Waals surface area (Å²) in [7, 11) is 0. The molecular formula is C25H22N2O9. The van der Waals surface area contributed by atoms with Crippen LogP contribution in [0.4, 0.5) is 5.69 Å². The molecule has 0 radical (unpaired) electrons. The molecule has 0 spiro atoms. The van der Waals surface area contributed by atoms with Crippen molar-refractivity contribution in [1.82, 2.24) is 4.90 Å². The van der Waals surface area contributed by atoms with Gasteiger partial charge in [-0.05, 0) is 31.9 Å². The van der Waals surface area contributed by atoms with Gasteiger partial charge in [-0.15, -0.1) is 0 Å². The number of fused-ring (bicyclic) bond motifs is 2. The molecule has 2 aliphatic rings. The number of hydrogen-bond donors (Lipinski definition) is 0. The Morgan fingerprint density at radius 2 is 1.61 bits per heavy atom. The molecule has 1 fully saturated rings. The fraction of sp³-hybridized carbons (Fsp3) is 0.320. The first-order valence-corrected chi connectivity index (χ1v) is 11.4. The smallest absolute Gasteiger partial charge is 0.345 e. The highest BCUT2D eigenvalue weighted by Crippen LogP contribution is 2.35. The van der Waals surface area contributed by atoms with Gasteiger partial charge in [0.15, 0.2) is 12.4 Å². The Morgan fingerprint density at radius 1 is 0.972 bits per heavy atom. The Hall–Kier alpha value is -4.41. The minimum absolute atomic E-state index is 0.00464. The third-order valence-corrected chi connectivity index (χ3v) is 6.26. The number of benzene rings is 2. The highest BCUT2D eigenvalue weighted by atomic mass is 16.6. The maximum atomic E-state index is 13.0. The van der Waals surface area contributed by atoms with Crippen LogP contribution < -0.4 is 0 Å². The normalized spacial score (nSPS) is 15.1. The Bertz CT molecular complexity index is 1290. The molecule has 1 heterocycles. The van der Waals surface area contributed by atoms with E-state index in [0.29, 0.717) is 12.8 Å². The van der Waals surface area contributed by atoms with E-state index >= 15 is 0 Å². The third kappa shape index (κ3) is 4.47. The fourth-order valence-corrected chi connectivity index (χ4v) is 4.44. The van der Waals surface area contributed by atoms with Crippen molar-refractivity contribution in [2.45, 2.75) is 19.8 Å². The number of likely N-dealkylation sites (tertiary alicyclic amines) is 1. The van der Waals surface area contributed by atoms with Crippen LogP contribution in [-0.2, 0) is 19.1 Å². The summed E-state index contributed by atoms with van der Waals surface area (Å²) in [5, 5.41) is 11.9. The number of carbonyl (C=O) groups is 5. The van der Waals surface area contributed by atoms with Gasteiger partial charge in [0.2, 0.25) is 5.78 Å². The predicted molar refractivity (Wildman–Crippen MR) is 123 cm³/mol. The average Bonchev–Trinajstić information content (AvgIpc) is 2.89. The SMILES string of the molecule is CCOC(=O)C1CCN(C(=O)COC(=O)c2ccc3c(c2[N+](=O)[O-])C(=O)c2ccccc2C3=O)CC1. The molecule has 11 heteroatoms. The summed E-state index contributed by atoms with van der Waals surface area (Å²) in [6.45, 7) is 1.86. The lowest BCUT2D eigenvalue weighted by Gasteiger charge is -2.30. The number of piperidine rings is 1. The number of rotatable bonds is 6. The van der Waals surface area contributed by atoms with Gasteiger partial charge in [-0.25, -0.2) is 4.79 Å². The Labute approximate surface area is 205 Å². The van der Waals surface area contributed by atoms with Crippen molar-refractivity contribution in [2.75, 3.05) is 26.3 Å². The van der Waals surface area contributed by atoms with Crippen molar-refractivity contribution in [3.63, 3.8) is 0 Å². The van der Waals surface area contributed by atoms with Gasteiger partial charge >= 0.3 is 11.9 Å². The summed E-state index contributed by atoms with van der Waals surface area (Å²) in [5.74, 6) is -3.62. The van der Waals surface area contributed by atoms with Crippen LogP contribution in [0, 0.1) is 16.0 Å². The predicted octanol–water partition coefficient (Wildman–Crippen LogP) is 2.33. The van der Waals surface area contributed by atoms with Crippen LogP contribution in [0.2, 0.25) is 0 Å². The first-order valence-electron chi connectivity index (χ1n) is 11.4. The molecule has 1 aliphatic heterocycles. The molecule has 186 valence electrons. The summed E-state index contributed by atoms with van der Waals surface area (Å²) in [6.07, 6.45) is 0.818. The van der Waals surface area contributed by atoms with Crippen LogP contribution in [0.5, 0.6) is 0 Å². The molecule has 0 N–H and O–H groups in total. The van der Waals surface area contributed by atoms with Gasteiger partial charge in [-0.3, -0.25) is 29.3 Å². The van der Waals surface area contributed by atoms with Gasteiger partial charge < -0.3 is 14.4 Å². The Kier molecular flexibility index (Phi) is 6.91. The van der Waals surface area contributed by atoms with E-state index in [0.717, 1.165) is 6.07 Å². The first kappa shape index (κ1) is 24.7. The van der Waals surface area contributed by atoms with E-state index in [-0.39, 0.29) is 48.3 Å². The molecule has 1 aliphatic carbocycles. The maximum Gasteiger partial charge on any atom is 0.345 e. The quantitative estimate of drug-likeness (QED) is 0.286. The van der Waals surface area contributed by atoms with Gasteiger partial charge in [0.1, 0.15) is 11.1 Å². The van der Waals surface area contributed by atoms with E-state index in [2.05, 4.69) is 0 Å². The Balaban J connectivity index is 1.50. The molecular weight excluding hydrogens is 472 g/mol. The van der Waals surface area contributed by atoms with Crippen LogP contribution >= 0.6 is 0 Å². The van der Waals surface area contributed by atoms with E-state index in [4.69, 9.17) is 9.47 Å². The zero-order valence-electron chi connectivity index (χ0n) is 19.4. The Morgan fingerprint density at radius 3 is 2.22 bits per heavy atom. The monoisotopic (exact) mass is 494 g/mol. The van der Waals surface area contributed by atoms with E-state index in [9.17, 15) is 34.1 Å². The van der Waals surface area contributed by atoms with Gasteiger partial charge in [0.25, 0.3) is 11.6 Å². The van der Waals surface area contributed by atoms with Crippen molar-refractivity contribution in [1.29, 1.82) is 0 Å². The molecule has 2 aromatic carbocycles. The minimum Gasteiger partial charge on any atom is -0.466 e. The number of ether oxygens (including phenoxy) is 2. The fourth-order valence-electron chi connectivity index (χ4n) is 4.44. The summed E-state index contributed by atoms with van der Waals surface area (Å²) < 4.78 is 10.0. The summed E-state index contributed by atoms with van der Waals surface area (Å²) >= 11 is 0. The molecule has 0 atom stereocenters. The number of nitro benzene ring substituents is 1. The number of hydrogen-bond acceptors (Lipinski definition) is 9. The molecule has 1 saturated heterocycles. The summed E-state index contributed by atoms with van der Waals surface area (Å²) in [5.41, 5.74) is -1.91. The van der Waals surface area contributed by atoms with Crippen LogP contribution in [0.3, 0.4) is 0 Å². The third-order valence-electron chi connectivity index (χ3n) is 6.26. The van der Waals surface area contributed by atoms with Gasteiger partial charge in [-0.2, -0.15) is 0 Å². The second kappa shape index (κ2) is 10.1. The topological polar surface area (TPSA) is 150 Å². The average molecular weight is 494 g/mol. The molecule has 0 bridgehead atoms. The van der Waals surface area contributed by atoms with Crippen LogP contribution in [-0.4, -0.2) is 65.5 Å². The summed E-state index contributed by atoms with van der Waals surface area (Å²) in [4.78, 5) is 75.4. The molecule has 11 nitrogen and oxygen atoms in total. The lowest BCUT2D eigenvalue weighted by atomic mass is 9.82. The first-order chi connectivity index (χ1) is 17.2. The van der Waals surface area contributed by atoms with Gasteiger partial charge in [-0.1, -0.05) is 24.3 Å². The lowest BCUT2D eigenvalue weighted by molar-refractivity contribution is -0.385. The molecule has 1 amide bonds. The van der Waals surface area contributed by atoms with E-state index in [1.807, 2.05) is 0 Å². The number of nitro groups is 1. The van der Waals surface area contributed by atoms with Crippen LogP contribution in [0.25, 0.3) is 0 Å². The maximum absolute atomic E-state index is 13.0. The molecule has 0 unspecified atom stereocenters. The molecule has 2 aromatic rings. The largest absolute Gasteiger partial charge is 0.466 e. The van der Waals surface area contributed by atoms with Crippen molar-refractivity contribution < 1.29 is 38.4 Å². The number of nitrogens with zero attached hydrogens (tertiary/aromatic N) is 2. The number of esters is 2. The number of carbonyl (C=O) groups excluding carboxylic acids is 5. The number of amides is 1. The van der Waals surface area contributed by atoms with Crippen molar-refractivity contribution in [3.05, 3.63) is 74.3 Å². The highest BCUT2D eigenvalue weighted by molar-refractivity contribution is 6.30. The van der Waals surface area contributed by atoms with E-state index < -0.39 is 51.8 Å². The molecule has 36 heavy (non-hydrogen) atoms.